The van der Waals surface area contributed by atoms with Gasteiger partial charge in [-0.15, -0.1) is 0 Å². The Balaban J connectivity index is 1.37. The zero-order valence-corrected chi connectivity index (χ0v) is 27.3. The lowest BCUT2D eigenvalue weighted by Gasteiger charge is -2.27. The van der Waals surface area contributed by atoms with Crippen LogP contribution in [0.4, 0.5) is 10.6 Å². The summed E-state index contributed by atoms with van der Waals surface area (Å²) in [7, 11) is 3.92. The number of pyridine rings is 1. The van der Waals surface area contributed by atoms with Crippen molar-refractivity contribution in [3.8, 4) is 17.2 Å². The molecule has 0 unspecified atom stereocenters. The standard InChI is InChI=1S/C35H42N4O7/c1-22-17-27-32(41)26-13-11-24(19-28(26)45-33(27)29(18-22)43-16-15-38(5)6)44-25-12-14-30(36-20-25)39(34(42)46-35(2,3)4)21-31(40)37-23-9-7-8-10-23/h11-14,17-20,23H,7-10,15-16,21H2,1-6H3,(H,37,40). The van der Waals surface area contributed by atoms with Gasteiger partial charge in [-0.05, 0) is 96.6 Å². The molecule has 2 aromatic carbocycles. The smallest absolute Gasteiger partial charge is 0.416 e. The van der Waals surface area contributed by atoms with Crippen LogP contribution in [0.2, 0.25) is 0 Å². The van der Waals surface area contributed by atoms with E-state index in [4.69, 9.17) is 18.6 Å². The highest BCUT2D eigenvalue weighted by molar-refractivity contribution is 5.95. The van der Waals surface area contributed by atoms with Gasteiger partial charge in [-0.3, -0.25) is 14.5 Å². The van der Waals surface area contributed by atoms with Gasteiger partial charge in [0, 0.05) is 18.7 Å². The fourth-order valence-electron chi connectivity index (χ4n) is 5.32. The fourth-order valence-corrected chi connectivity index (χ4v) is 5.32. The van der Waals surface area contributed by atoms with Crippen molar-refractivity contribution in [2.45, 2.75) is 65.0 Å². The van der Waals surface area contributed by atoms with Crippen LogP contribution in [0.25, 0.3) is 21.9 Å². The Bertz CT molecular complexity index is 1770. The highest BCUT2D eigenvalue weighted by Gasteiger charge is 2.28. The molecule has 1 N–H and O–H groups in total. The summed E-state index contributed by atoms with van der Waals surface area (Å²) in [5.74, 6) is 1.29. The lowest BCUT2D eigenvalue weighted by molar-refractivity contribution is -0.120. The summed E-state index contributed by atoms with van der Waals surface area (Å²) >= 11 is 0. The number of nitrogens with one attached hydrogen (secondary N) is 1. The molecule has 5 rings (SSSR count). The molecule has 2 aromatic heterocycles. The van der Waals surface area contributed by atoms with Crippen molar-refractivity contribution in [2.75, 3.05) is 38.7 Å². The third kappa shape index (κ3) is 8.14. The molecule has 11 nitrogen and oxygen atoms in total. The minimum Gasteiger partial charge on any atom is -0.488 e. The first-order valence-electron chi connectivity index (χ1n) is 15.6. The van der Waals surface area contributed by atoms with Crippen LogP contribution in [0.3, 0.4) is 0 Å². The molecule has 0 aliphatic heterocycles. The summed E-state index contributed by atoms with van der Waals surface area (Å²) in [6.45, 7) is 8.13. The van der Waals surface area contributed by atoms with Gasteiger partial charge >= 0.3 is 6.09 Å². The van der Waals surface area contributed by atoms with Gasteiger partial charge in [0.25, 0.3) is 0 Å². The third-order valence-corrected chi connectivity index (χ3v) is 7.52. The van der Waals surface area contributed by atoms with Crippen molar-refractivity contribution in [3.05, 3.63) is 64.4 Å². The van der Waals surface area contributed by atoms with Crippen LogP contribution in [0.5, 0.6) is 17.2 Å². The molecule has 0 bridgehead atoms. The predicted molar refractivity (Wildman–Crippen MR) is 177 cm³/mol. The van der Waals surface area contributed by atoms with Gasteiger partial charge in [-0.1, -0.05) is 12.8 Å². The molecule has 4 aromatic rings. The number of carbonyl (C=O) groups excluding carboxylic acids is 2. The molecule has 46 heavy (non-hydrogen) atoms. The van der Waals surface area contributed by atoms with Crippen LogP contribution >= 0.6 is 0 Å². The molecule has 244 valence electrons. The van der Waals surface area contributed by atoms with E-state index in [9.17, 15) is 14.4 Å². The molecule has 0 saturated heterocycles. The molecule has 1 aliphatic carbocycles. The largest absolute Gasteiger partial charge is 0.488 e. The number of likely N-dealkylation sites (N-methyl/N-ethyl adjacent to an activating group) is 1. The maximum Gasteiger partial charge on any atom is 0.416 e. The Morgan fingerprint density at radius 1 is 1.02 bits per heavy atom. The zero-order chi connectivity index (χ0) is 33.0. The number of amides is 2. The molecule has 0 radical (unpaired) electrons. The minimum absolute atomic E-state index is 0.118. The molecule has 1 aliphatic rings. The van der Waals surface area contributed by atoms with Gasteiger partial charge in [0.2, 0.25) is 11.3 Å². The average molecular weight is 631 g/mol. The van der Waals surface area contributed by atoms with Crippen molar-refractivity contribution < 1.29 is 28.2 Å². The van der Waals surface area contributed by atoms with E-state index in [0.717, 1.165) is 31.2 Å². The summed E-state index contributed by atoms with van der Waals surface area (Å²) < 4.78 is 23.8. The van der Waals surface area contributed by atoms with E-state index >= 15 is 0 Å². The number of benzene rings is 2. The number of carbonyl (C=O) groups is 2. The van der Waals surface area contributed by atoms with Gasteiger partial charge in [0.1, 0.15) is 41.7 Å². The van der Waals surface area contributed by atoms with Gasteiger partial charge in [-0.25, -0.2) is 9.78 Å². The van der Waals surface area contributed by atoms with Gasteiger partial charge in [-0.2, -0.15) is 0 Å². The molecule has 11 heteroatoms. The summed E-state index contributed by atoms with van der Waals surface area (Å²) in [4.78, 5) is 47.0. The fraction of sp³-hybridized carbons (Fsp3) is 0.429. The Morgan fingerprint density at radius 3 is 2.43 bits per heavy atom. The van der Waals surface area contributed by atoms with Crippen LogP contribution in [0, 0.1) is 6.92 Å². The molecule has 1 saturated carbocycles. The lowest BCUT2D eigenvalue weighted by atomic mass is 10.1. The SMILES string of the molecule is Cc1cc(OCCN(C)C)c2oc3cc(Oc4ccc(N(CC(=O)NC5CCCC5)C(=O)OC(C)(C)C)nc4)ccc3c(=O)c2c1. The summed E-state index contributed by atoms with van der Waals surface area (Å²) in [5, 5.41) is 3.88. The van der Waals surface area contributed by atoms with Gasteiger partial charge < -0.3 is 28.8 Å². The molecule has 2 heterocycles. The quantitative estimate of drug-likeness (QED) is 0.205. The van der Waals surface area contributed by atoms with E-state index in [1.807, 2.05) is 32.0 Å². The van der Waals surface area contributed by atoms with Crippen molar-refractivity contribution >= 4 is 39.8 Å². The van der Waals surface area contributed by atoms with E-state index in [0.29, 0.717) is 52.3 Å². The lowest BCUT2D eigenvalue weighted by Crippen LogP contribution is -2.45. The summed E-state index contributed by atoms with van der Waals surface area (Å²) in [5.41, 5.74) is 0.715. The Labute approximate surface area is 268 Å². The van der Waals surface area contributed by atoms with Crippen LogP contribution < -0.4 is 25.1 Å². The van der Waals surface area contributed by atoms with E-state index < -0.39 is 11.7 Å². The Hall–Kier alpha value is -4.64. The monoisotopic (exact) mass is 630 g/mol. The second kappa shape index (κ2) is 13.8. The molecule has 2 amide bonds. The van der Waals surface area contributed by atoms with Gasteiger partial charge in [0.15, 0.2) is 11.3 Å². The van der Waals surface area contributed by atoms with E-state index in [2.05, 4.69) is 10.3 Å². The topological polar surface area (TPSA) is 123 Å². The van der Waals surface area contributed by atoms with Crippen molar-refractivity contribution in [3.63, 3.8) is 0 Å². The molecule has 0 atom stereocenters. The van der Waals surface area contributed by atoms with Gasteiger partial charge in [0.05, 0.1) is 17.0 Å². The first-order chi connectivity index (χ1) is 21.9. The number of aryl methyl sites for hydroxylation is 1. The first kappa shape index (κ1) is 32.7. The number of hydrogen-bond donors (Lipinski definition) is 1. The molecular weight excluding hydrogens is 588 g/mol. The zero-order valence-electron chi connectivity index (χ0n) is 27.3. The Morgan fingerprint density at radius 2 is 1.76 bits per heavy atom. The van der Waals surface area contributed by atoms with Crippen molar-refractivity contribution in [2.24, 2.45) is 0 Å². The first-order valence-corrected chi connectivity index (χ1v) is 15.6. The second-order valence-corrected chi connectivity index (χ2v) is 13.0. The number of aromatic nitrogens is 1. The highest BCUT2D eigenvalue weighted by atomic mass is 16.6. The van der Waals surface area contributed by atoms with E-state index in [1.165, 1.54) is 11.1 Å². The van der Waals surface area contributed by atoms with E-state index in [-0.39, 0.29) is 29.7 Å². The van der Waals surface area contributed by atoms with E-state index in [1.54, 1.807) is 57.2 Å². The van der Waals surface area contributed by atoms with Crippen LogP contribution in [-0.4, -0.2) is 67.3 Å². The number of nitrogens with zero attached hydrogens (tertiary/aromatic N) is 3. The average Bonchev–Trinajstić information content (AvgIpc) is 3.49. The highest BCUT2D eigenvalue weighted by Crippen LogP contribution is 2.32. The summed E-state index contributed by atoms with van der Waals surface area (Å²) in [6.07, 6.45) is 4.81. The Kier molecular flexibility index (Phi) is 9.81. The second-order valence-electron chi connectivity index (χ2n) is 13.0. The number of anilines is 1. The maximum absolute atomic E-state index is 13.4. The van der Waals surface area contributed by atoms with Crippen molar-refractivity contribution in [1.82, 2.24) is 15.2 Å². The number of hydrogen-bond acceptors (Lipinski definition) is 9. The minimum atomic E-state index is -0.755. The molecule has 1 fully saturated rings. The summed E-state index contributed by atoms with van der Waals surface area (Å²) in [6, 6.07) is 12.0. The number of fused-ring (bicyclic) bond motifs is 2. The van der Waals surface area contributed by atoms with Crippen LogP contribution in [-0.2, 0) is 9.53 Å². The van der Waals surface area contributed by atoms with Crippen molar-refractivity contribution in [1.29, 1.82) is 0 Å². The number of rotatable bonds is 10. The molecule has 0 spiro atoms. The number of ether oxygens (including phenoxy) is 3. The van der Waals surface area contributed by atoms with Crippen LogP contribution in [0.1, 0.15) is 52.0 Å². The predicted octanol–water partition coefficient (Wildman–Crippen LogP) is 6.18. The third-order valence-electron chi connectivity index (χ3n) is 7.52. The normalized spacial score (nSPS) is 13.7. The van der Waals surface area contributed by atoms with Crippen LogP contribution in [0.15, 0.2) is 57.9 Å². The maximum atomic E-state index is 13.4. The molecular formula is C35H42N4O7.